The second kappa shape index (κ2) is 7.26. The minimum absolute atomic E-state index is 0.143. The maximum Gasteiger partial charge on any atom is 0.303 e. The Morgan fingerprint density at radius 1 is 1.00 bits per heavy atom. The molecule has 5 aliphatic rings. The van der Waals surface area contributed by atoms with E-state index >= 15 is 0 Å². The van der Waals surface area contributed by atoms with Crippen molar-refractivity contribution in [2.24, 2.45) is 34.5 Å². The number of Topliss-reactive ketones (excluding diaryl/α,β-unsaturated/α-hetero) is 1. The summed E-state index contributed by atoms with van der Waals surface area (Å²) in [4.78, 5) is 25.1. The van der Waals surface area contributed by atoms with Gasteiger partial charge in [-0.2, -0.15) is 0 Å². The fourth-order valence-electron chi connectivity index (χ4n) is 9.11. The first-order valence-electron chi connectivity index (χ1n) is 12.7. The predicted octanol–water partition coefficient (Wildman–Crippen LogP) is 4.02. The lowest BCUT2D eigenvalue weighted by Crippen LogP contribution is -2.62. The third-order valence-corrected chi connectivity index (χ3v) is 10.5. The number of hydrogen-bond acceptors (Lipinski definition) is 6. The highest BCUT2D eigenvalue weighted by molar-refractivity contribution is 5.92. The van der Waals surface area contributed by atoms with Gasteiger partial charge in [0.25, 0.3) is 0 Å². The number of hydrogen-bond donors (Lipinski definition) is 1. The summed E-state index contributed by atoms with van der Waals surface area (Å²) < 4.78 is 18.1. The fourth-order valence-corrected chi connectivity index (χ4v) is 9.11. The largest absolute Gasteiger partial charge is 0.458 e. The van der Waals surface area contributed by atoms with Crippen molar-refractivity contribution in [1.29, 1.82) is 0 Å². The quantitative estimate of drug-likeness (QED) is 0.657. The van der Waals surface area contributed by atoms with Crippen molar-refractivity contribution in [3.63, 3.8) is 0 Å². The minimum Gasteiger partial charge on any atom is -0.458 e. The van der Waals surface area contributed by atoms with Crippen LogP contribution in [0.1, 0.15) is 86.0 Å². The highest BCUT2D eigenvalue weighted by atomic mass is 16.8. The van der Waals surface area contributed by atoms with Crippen LogP contribution in [0.15, 0.2) is 0 Å². The van der Waals surface area contributed by atoms with E-state index in [4.69, 9.17) is 14.2 Å². The first-order chi connectivity index (χ1) is 14.9. The Morgan fingerprint density at radius 2 is 1.75 bits per heavy atom. The number of esters is 1. The highest BCUT2D eigenvalue weighted by Crippen LogP contribution is 2.71. The molecule has 1 aliphatic heterocycles. The molecule has 32 heavy (non-hydrogen) atoms. The van der Waals surface area contributed by atoms with Crippen LogP contribution in [0.4, 0.5) is 0 Å². The van der Waals surface area contributed by atoms with Crippen LogP contribution in [0.3, 0.4) is 0 Å². The van der Waals surface area contributed by atoms with E-state index in [0.29, 0.717) is 23.7 Å². The molecule has 4 saturated carbocycles. The number of aliphatic hydroxyl groups excluding tert-OH is 1. The number of ether oxygens (including phenoxy) is 3. The SMILES string of the molecule is CC(=O)OCC(=O)[C@@]12OC(C)(C)O[C@@H]1C[C@@H]1[C@@H]3CC[C@@H]4C[C@@H](O)CC[C@]4(C)[C@@H]3CC[C@@]12C. The van der Waals surface area contributed by atoms with Gasteiger partial charge in [0.1, 0.15) is 0 Å². The van der Waals surface area contributed by atoms with Crippen LogP contribution in [-0.2, 0) is 23.8 Å². The van der Waals surface area contributed by atoms with E-state index in [-0.39, 0.29) is 35.4 Å². The Kier molecular flexibility index (Phi) is 5.17. The maximum absolute atomic E-state index is 13.7. The lowest BCUT2D eigenvalue weighted by molar-refractivity contribution is -0.221. The molecule has 6 heteroatoms. The summed E-state index contributed by atoms with van der Waals surface area (Å²) >= 11 is 0. The number of ketones is 1. The van der Waals surface area contributed by atoms with E-state index in [9.17, 15) is 14.7 Å². The minimum atomic E-state index is -1.05. The van der Waals surface area contributed by atoms with Gasteiger partial charge in [0.05, 0.1) is 12.2 Å². The summed E-state index contributed by atoms with van der Waals surface area (Å²) in [6, 6.07) is 0. The first-order valence-corrected chi connectivity index (χ1v) is 12.7. The molecule has 0 unspecified atom stereocenters. The average molecular weight is 449 g/mol. The molecule has 5 fully saturated rings. The Hall–Kier alpha value is -0.980. The number of fused-ring (bicyclic) bond motifs is 7. The summed E-state index contributed by atoms with van der Waals surface area (Å²) in [5.41, 5.74) is -1.11. The van der Waals surface area contributed by atoms with Crippen molar-refractivity contribution in [3.8, 4) is 0 Å². The van der Waals surface area contributed by atoms with Crippen LogP contribution in [0.25, 0.3) is 0 Å². The van der Waals surface area contributed by atoms with Gasteiger partial charge in [0.2, 0.25) is 5.78 Å². The average Bonchev–Trinajstić information content (AvgIpc) is 3.12. The van der Waals surface area contributed by atoms with Crippen LogP contribution >= 0.6 is 0 Å². The van der Waals surface area contributed by atoms with E-state index in [1.54, 1.807) is 0 Å². The predicted molar refractivity (Wildman–Crippen MR) is 118 cm³/mol. The van der Waals surface area contributed by atoms with Crippen LogP contribution < -0.4 is 0 Å². The molecule has 9 atom stereocenters. The lowest BCUT2D eigenvalue weighted by Gasteiger charge is -2.61. The van der Waals surface area contributed by atoms with E-state index < -0.39 is 17.4 Å². The smallest absolute Gasteiger partial charge is 0.303 e. The van der Waals surface area contributed by atoms with Crippen molar-refractivity contribution in [3.05, 3.63) is 0 Å². The fraction of sp³-hybridized carbons (Fsp3) is 0.923. The molecular formula is C26H40O6. The van der Waals surface area contributed by atoms with E-state index in [2.05, 4.69) is 13.8 Å². The highest BCUT2D eigenvalue weighted by Gasteiger charge is 2.76. The molecule has 0 aromatic carbocycles. The molecule has 4 aliphatic carbocycles. The molecular weight excluding hydrogens is 408 g/mol. The van der Waals surface area contributed by atoms with E-state index in [1.807, 2.05) is 13.8 Å². The summed E-state index contributed by atoms with van der Waals surface area (Å²) in [6.07, 6.45) is 7.66. The van der Waals surface area contributed by atoms with Gasteiger partial charge < -0.3 is 19.3 Å². The van der Waals surface area contributed by atoms with Gasteiger partial charge in [-0.1, -0.05) is 13.8 Å². The summed E-state index contributed by atoms with van der Waals surface area (Å²) in [5, 5.41) is 10.3. The van der Waals surface area contributed by atoms with Gasteiger partial charge in [-0.05, 0) is 94.3 Å². The van der Waals surface area contributed by atoms with Gasteiger partial charge in [0, 0.05) is 12.3 Å². The standard InChI is InChI=1S/C26H40O6/c1-15(27)30-14-21(29)26-22(31-23(2,3)32-26)13-20-18-7-6-16-12-17(28)8-10-24(16,4)19(18)9-11-25(20,26)5/h16-20,22,28H,6-14H2,1-5H3/t16-,17+,18-,19-,20-,22-,24+,25+,26-/m1/s1. The first kappa shape index (κ1) is 22.8. The van der Waals surface area contributed by atoms with Crippen LogP contribution in [0, 0.1) is 34.5 Å². The summed E-state index contributed by atoms with van der Waals surface area (Å²) in [7, 11) is 0. The Labute approximate surface area is 191 Å². The van der Waals surface area contributed by atoms with E-state index in [0.717, 1.165) is 51.4 Å². The number of aliphatic hydroxyl groups is 1. The Balaban J connectivity index is 1.48. The van der Waals surface area contributed by atoms with Crippen molar-refractivity contribution in [2.75, 3.05) is 6.61 Å². The van der Waals surface area contributed by atoms with Gasteiger partial charge in [-0.15, -0.1) is 0 Å². The zero-order valence-corrected chi connectivity index (χ0v) is 20.3. The lowest BCUT2D eigenvalue weighted by atomic mass is 9.44. The van der Waals surface area contributed by atoms with Gasteiger partial charge in [0.15, 0.2) is 18.0 Å². The molecule has 1 N–H and O–H groups in total. The third-order valence-electron chi connectivity index (χ3n) is 10.5. The normalized spacial score (nSPS) is 51.2. The topological polar surface area (TPSA) is 82.1 Å². The Morgan fingerprint density at radius 3 is 2.47 bits per heavy atom. The number of carbonyl (C=O) groups excluding carboxylic acids is 2. The summed E-state index contributed by atoms with van der Waals surface area (Å²) in [5.74, 6) is 0.705. The van der Waals surface area contributed by atoms with Crippen LogP contribution in [0.2, 0.25) is 0 Å². The maximum atomic E-state index is 13.7. The molecule has 0 spiro atoms. The third kappa shape index (κ3) is 3.01. The van der Waals surface area contributed by atoms with E-state index in [1.165, 1.54) is 6.92 Å². The molecule has 0 amide bonds. The van der Waals surface area contributed by atoms with Gasteiger partial charge in [-0.25, -0.2) is 0 Å². The second-order valence-electron chi connectivity index (χ2n) is 12.3. The molecule has 1 heterocycles. The van der Waals surface area contributed by atoms with Crippen molar-refractivity contribution in [1.82, 2.24) is 0 Å². The zero-order valence-electron chi connectivity index (χ0n) is 20.3. The zero-order chi connectivity index (χ0) is 23.1. The molecule has 6 nitrogen and oxygen atoms in total. The number of rotatable bonds is 3. The molecule has 0 bridgehead atoms. The number of carbonyl (C=O) groups is 2. The molecule has 0 radical (unpaired) electrons. The van der Waals surface area contributed by atoms with Crippen LogP contribution in [-0.4, -0.2) is 47.1 Å². The molecule has 0 aromatic heterocycles. The molecule has 0 aromatic rings. The summed E-state index contributed by atoms with van der Waals surface area (Å²) in [6.45, 7) is 9.56. The van der Waals surface area contributed by atoms with Gasteiger partial charge >= 0.3 is 5.97 Å². The molecule has 5 rings (SSSR count). The monoisotopic (exact) mass is 448 g/mol. The van der Waals surface area contributed by atoms with Crippen LogP contribution in [0.5, 0.6) is 0 Å². The van der Waals surface area contributed by atoms with Crippen molar-refractivity contribution >= 4 is 11.8 Å². The Bertz CT molecular complexity index is 808. The van der Waals surface area contributed by atoms with Crippen molar-refractivity contribution in [2.45, 2.75) is 110 Å². The molecule has 1 saturated heterocycles. The van der Waals surface area contributed by atoms with Crippen molar-refractivity contribution < 1.29 is 28.9 Å². The second-order valence-corrected chi connectivity index (χ2v) is 12.3. The molecule has 180 valence electrons. The van der Waals surface area contributed by atoms with Gasteiger partial charge in [-0.3, -0.25) is 9.59 Å².